The first-order valence-electron chi connectivity index (χ1n) is 8.53. The van der Waals surface area contributed by atoms with Crippen LogP contribution in [0.2, 0.25) is 0 Å². The van der Waals surface area contributed by atoms with Gasteiger partial charge in [-0.25, -0.2) is 0 Å². The van der Waals surface area contributed by atoms with Crippen molar-refractivity contribution in [3.8, 4) is 0 Å². The average molecular weight is 403 g/mol. The molecule has 1 unspecified atom stereocenters. The molecule has 3 rings (SSSR count). The molecule has 0 saturated heterocycles. The molecular weight excluding hydrogens is 380 g/mol. The van der Waals surface area contributed by atoms with Gasteiger partial charge in [-0.2, -0.15) is 5.10 Å². The van der Waals surface area contributed by atoms with Gasteiger partial charge in [0.05, 0.1) is 22.3 Å². The van der Waals surface area contributed by atoms with Crippen LogP contribution in [0.5, 0.6) is 0 Å². The van der Waals surface area contributed by atoms with Crippen molar-refractivity contribution in [3.05, 3.63) is 47.3 Å². The molecule has 2 aromatic heterocycles. The SMILES string of the molecule is Cc1nn(C)c(C)c1NC(=O)C(C)Sc1nnc(NCc2ccccc2)s1. The molecule has 0 fully saturated rings. The molecule has 7 nitrogen and oxygen atoms in total. The number of rotatable bonds is 7. The average Bonchev–Trinajstić information content (AvgIpc) is 3.20. The molecule has 1 atom stereocenters. The highest BCUT2D eigenvalue weighted by Crippen LogP contribution is 2.30. The number of aromatic nitrogens is 4. The fraction of sp³-hybridized carbons (Fsp3) is 0.333. The van der Waals surface area contributed by atoms with Gasteiger partial charge in [0.15, 0.2) is 4.34 Å². The number of hydrogen-bond donors (Lipinski definition) is 2. The summed E-state index contributed by atoms with van der Waals surface area (Å²) in [6.07, 6.45) is 0. The molecule has 2 N–H and O–H groups in total. The van der Waals surface area contributed by atoms with Crippen molar-refractivity contribution in [3.63, 3.8) is 0 Å². The predicted octanol–water partition coefficient (Wildman–Crippen LogP) is 3.62. The number of benzene rings is 1. The van der Waals surface area contributed by atoms with Crippen LogP contribution in [0.15, 0.2) is 34.7 Å². The van der Waals surface area contributed by atoms with Gasteiger partial charge in [0.1, 0.15) is 0 Å². The first kappa shape index (κ1) is 19.4. The van der Waals surface area contributed by atoms with Crippen LogP contribution in [0, 0.1) is 13.8 Å². The molecule has 142 valence electrons. The number of amides is 1. The largest absolute Gasteiger partial charge is 0.356 e. The number of nitrogens with one attached hydrogen (secondary N) is 2. The summed E-state index contributed by atoms with van der Waals surface area (Å²) in [6, 6.07) is 10.1. The third kappa shape index (κ3) is 4.86. The van der Waals surface area contributed by atoms with Crippen molar-refractivity contribution in [2.45, 2.75) is 36.9 Å². The second-order valence-corrected chi connectivity index (χ2v) is 8.70. The number of anilines is 2. The quantitative estimate of drug-likeness (QED) is 0.587. The molecule has 0 aliphatic rings. The summed E-state index contributed by atoms with van der Waals surface area (Å²) in [6.45, 7) is 6.37. The summed E-state index contributed by atoms with van der Waals surface area (Å²) in [5.74, 6) is -0.0757. The molecule has 27 heavy (non-hydrogen) atoms. The third-order valence-corrected chi connectivity index (χ3v) is 6.16. The standard InChI is InChI=1S/C18H22N6OS2/c1-11-15(12(2)24(4)23-11)20-16(25)13(3)26-18-22-21-17(27-18)19-10-14-8-6-5-7-9-14/h5-9,13H,10H2,1-4H3,(H,19,21)(H,20,25). The van der Waals surface area contributed by atoms with Crippen molar-refractivity contribution < 1.29 is 4.79 Å². The third-order valence-electron chi connectivity index (χ3n) is 4.10. The smallest absolute Gasteiger partial charge is 0.237 e. The van der Waals surface area contributed by atoms with Crippen LogP contribution in [0.25, 0.3) is 0 Å². The number of carbonyl (C=O) groups excluding carboxylic acids is 1. The summed E-state index contributed by atoms with van der Waals surface area (Å²) < 4.78 is 2.52. The molecule has 3 aromatic rings. The van der Waals surface area contributed by atoms with Crippen molar-refractivity contribution in [2.75, 3.05) is 10.6 Å². The molecule has 0 bridgehead atoms. The van der Waals surface area contributed by atoms with Crippen molar-refractivity contribution in [1.82, 2.24) is 20.0 Å². The normalized spacial score (nSPS) is 12.0. The van der Waals surface area contributed by atoms with E-state index in [4.69, 9.17) is 0 Å². The first-order chi connectivity index (χ1) is 12.9. The summed E-state index contributed by atoms with van der Waals surface area (Å²) in [5.41, 5.74) is 3.69. The Bertz CT molecular complexity index is 921. The Morgan fingerprint density at radius 1 is 1.26 bits per heavy atom. The maximum atomic E-state index is 12.5. The van der Waals surface area contributed by atoms with E-state index in [0.717, 1.165) is 26.5 Å². The number of hydrogen-bond acceptors (Lipinski definition) is 7. The minimum Gasteiger partial charge on any atom is -0.356 e. The van der Waals surface area contributed by atoms with E-state index < -0.39 is 0 Å². The second kappa shape index (κ2) is 8.53. The molecule has 0 radical (unpaired) electrons. The van der Waals surface area contributed by atoms with E-state index in [2.05, 4.69) is 38.1 Å². The monoisotopic (exact) mass is 402 g/mol. The van der Waals surface area contributed by atoms with Crippen LogP contribution < -0.4 is 10.6 Å². The lowest BCUT2D eigenvalue weighted by Crippen LogP contribution is -2.23. The first-order valence-corrected chi connectivity index (χ1v) is 10.2. The lowest BCUT2D eigenvalue weighted by Gasteiger charge is -2.10. The molecule has 0 spiro atoms. The minimum atomic E-state index is -0.293. The van der Waals surface area contributed by atoms with Crippen molar-refractivity contribution in [1.29, 1.82) is 0 Å². The molecular formula is C18H22N6OS2. The minimum absolute atomic E-state index is 0.0757. The summed E-state index contributed by atoms with van der Waals surface area (Å²) in [4.78, 5) is 12.5. The van der Waals surface area contributed by atoms with Gasteiger partial charge >= 0.3 is 0 Å². The lowest BCUT2D eigenvalue weighted by molar-refractivity contribution is -0.115. The highest BCUT2D eigenvalue weighted by Gasteiger charge is 2.20. The van der Waals surface area contributed by atoms with Crippen molar-refractivity contribution >= 4 is 39.8 Å². The van der Waals surface area contributed by atoms with Crippen LogP contribution >= 0.6 is 23.1 Å². The molecule has 0 aliphatic carbocycles. The molecule has 9 heteroatoms. The number of carbonyl (C=O) groups is 1. The molecule has 2 heterocycles. The van der Waals surface area contributed by atoms with E-state index in [1.165, 1.54) is 28.7 Å². The fourth-order valence-corrected chi connectivity index (χ4v) is 4.38. The summed E-state index contributed by atoms with van der Waals surface area (Å²) >= 11 is 2.85. The zero-order chi connectivity index (χ0) is 19.4. The maximum absolute atomic E-state index is 12.5. The highest BCUT2D eigenvalue weighted by atomic mass is 32.2. The lowest BCUT2D eigenvalue weighted by atomic mass is 10.2. The van der Waals surface area contributed by atoms with E-state index in [1.807, 2.05) is 46.0 Å². The van der Waals surface area contributed by atoms with E-state index in [1.54, 1.807) is 4.68 Å². The second-order valence-electron chi connectivity index (χ2n) is 6.13. The Labute approximate surface area is 166 Å². The van der Waals surface area contributed by atoms with Crippen LogP contribution in [-0.4, -0.2) is 31.1 Å². The van der Waals surface area contributed by atoms with Gasteiger partial charge in [-0.1, -0.05) is 53.4 Å². The Balaban J connectivity index is 1.55. The van der Waals surface area contributed by atoms with Gasteiger partial charge in [0, 0.05) is 13.6 Å². The molecule has 1 amide bonds. The van der Waals surface area contributed by atoms with Gasteiger partial charge in [0.2, 0.25) is 11.0 Å². The zero-order valence-electron chi connectivity index (χ0n) is 15.7. The summed E-state index contributed by atoms with van der Waals surface area (Å²) in [7, 11) is 1.86. The maximum Gasteiger partial charge on any atom is 0.237 e. The van der Waals surface area contributed by atoms with Gasteiger partial charge < -0.3 is 10.6 Å². The van der Waals surface area contributed by atoms with Crippen LogP contribution in [-0.2, 0) is 18.4 Å². The van der Waals surface area contributed by atoms with Crippen LogP contribution in [0.1, 0.15) is 23.9 Å². The summed E-state index contributed by atoms with van der Waals surface area (Å²) in [5, 5.41) is 19.3. The number of nitrogens with zero attached hydrogens (tertiary/aromatic N) is 4. The molecule has 0 aliphatic heterocycles. The fourth-order valence-electron chi connectivity index (χ4n) is 2.49. The zero-order valence-corrected chi connectivity index (χ0v) is 17.3. The van der Waals surface area contributed by atoms with E-state index in [0.29, 0.717) is 6.54 Å². The Morgan fingerprint density at radius 3 is 2.67 bits per heavy atom. The van der Waals surface area contributed by atoms with Crippen LogP contribution in [0.3, 0.4) is 0 Å². The Hall–Kier alpha value is -2.39. The Morgan fingerprint density at radius 2 is 2.00 bits per heavy atom. The molecule has 1 aromatic carbocycles. The van der Waals surface area contributed by atoms with E-state index in [9.17, 15) is 4.79 Å². The number of aryl methyl sites for hydroxylation is 2. The highest BCUT2D eigenvalue weighted by molar-refractivity contribution is 8.02. The van der Waals surface area contributed by atoms with E-state index >= 15 is 0 Å². The van der Waals surface area contributed by atoms with Crippen molar-refractivity contribution in [2.24, 2.45) is 7.05 Å². The van der Waals surface area contributed by atoms with Gasteiger partial charge in [-0.3, -0.25) is 9.48 Å². The van der Waals surface area contributed by atoms with E-state index in [-0.39, 0.29) is 11.2 Å². The van der Waals surface area contributed by atoms with Crippen LogP contribution in [0.4, 0.5) is 10.8 Å². The molecule has 0 saturated carbocycles. The number of thioether (sulfide) groups is 1. The Kier molecular flexibility index (Phi) is 6.12. The topological polar surface area (TPSA) is 84.7 Å². The predicted molar refractivity (Wildman–Crippen MR) is 110 cm³/mol. The van der Waals surface area contributed by atoms with Gasteiger partial charge in [-0.15, -0.1) is 10.2 Å². The van der Waals surface area contributed by atoms with Gasteiger partial charge in [0.25, 0.3) is 0 Å². The van der Waals surface area contributed by atoms with Gasteiger partial charge in [-0.05, 0) is 26.3 Å².